The number of alkyl halides is 3. The first-order valence-electron chi connectivity index (χ1n) is 10.2. The van der Waals surface area contributed by atoms with Crippen molar-refractivity contribution in [2.75, 3.05) is 18.0 Å². The molecule has 0 aliphatic carbocycles. The van der Waals surface area contributed by atoms with Crippen molar-refractivity contribution in [3.8, 4) is 0 Å². The summed E-state index contributed by atoms with van der Waals surface area (Å²) < 4.78 is 67.7. The molecule has 0 spiro atoms. The van der Waals surface area contributed by atoms with Crippen molar-refractivity contribution in [2.24, 2.45) is 10.8 Å². The number of anilines is 1. The number of hydrogen-bond donors (Lipinski definition) is 2. The summed E-state index contributed by atoms with van der Waals surface area (Å²) in [6.45, 7) is 3.87. The number of nitrogens with zero attached hydrogens (tertiary/aromatic N) is 3. The van der Waals surface area contributed by atoms with Crippen LogP contribution in [0.15, 0.2) is 41.5 Å². The van der Waals surface area contributed by atoms with Gasteiger partial charge in [-0.3, -0.25) is 10.2 Å². The average molecular weight is 500 g/mol. The minimum atomic E-state index is -4.50. The summed E-state index contributed by atoms with van der Waals surface area (Å²) in [4.78, 5) is 16.2. The average Bonchev–Trinajstić information content (AvgIpc) is 2.74. The fourth-order valence-electron chi connectivity index (χ4n) is 3.93. The highest BCUT2D eigenvalue weighted by Gasteiger charge is 2.35. The van der Waals surface area contributed by atoms with Gasteiger partial charge in [0.15, 0.2) is 5.11 Å². The van der Waals surface area contributed by atoms with Crippen LogP contribution in [0, 0.1) is 11.6 Å². The smallest absolute Gasteiger partial charge is 0.375 e. The lowest BCUT2D eigenvalue weighted by molar-refractivity contribution is -0.137. The lowest BCUT2D eigenvalue weighted by Crippen LogP contribution is -2.59. The Morgan fingerprint density at radius 3 is 2.24 bits per heavy atom. The summed E-state index contributed by atoms with van der Waals surface area (Å²) in [6, 6.07) is 5.19. The Bertz CT molecular complexity index is 1090. The van der Waals surface area contributed by atoms with Crippen LogP contribution in [-0.2, 0) is 6.18 Å². The Morgan fingerprint density at radius 2 is 1.71 bits per heavy atom. The summed E-state index contributed by atoms with van der Waals surface area (Å²) in [6.07, 6.45) is -3.45. The maximum atomic E-state index is 14.8. The minimum absolute atomic E-state index is 0.0253. The number of halogens is 5. The lowest BCUT2D eigenvalue weighted by Gasteiger charge is -2.45. The van der Waals surface area contributed by atoms with Crippen LogP contribution in [0.25, 0.3) is 0 Å². The van der Waals surface area contributed by atoms with Gasteiger partial charge in [0.1, 0.15) is 11.6 Å². The molecule has 2 atom stereocenters. The first kappa shape index (κ1) is 25.3. The second kappa shape index (κ2) is 9.92. The van der Waals surface area contributed by atoms with Gasteiger partial charge in [0, 0.05) is 42.4 Å². The highest BCUT2D eigenvalue weighted by Crippen LogP contribution is 2.31. The van der Waals surface area contributed by atoms with Crippen molar-refractivity contribution < 1.29 is 26.7 Å². The Balaban J connectivity index is 1.77. The molecule has 0 bridgehead atoms. The molecule has 0 unspecified atom stereocenters. The van der Waals surface area contributed by atoms with E-state index in [1.165, 1.54) is 4.90 Å². The van der Waals surface area contributed by atoms with Crippen LogP contribution in [0.4, 0.5) is 27.6 Å². The van der Waals surface area contributed by atoms with Crippen molar-refractivity contribution >= 4 is 35.1 Å². The van der Waals surface area contributed by atoms with E-state index in [-0.39, 0.29) is 35.0 Å². The highest BCUT2D eigenvalue weighted by molar-refractivity contribution is 7.80. The van der Waals surface area contributed by atoms with Crippen molar-refractivity contribution in [3.63, 3.8) is 0 Å². The summed E-state index contributed by atoms with van der Waals surface area (Å²) in [7, 11) is 0. The third-order valence-corrected chi connectivity index (χ3v) is 5.49. The van der Waals surface area contributed by atoms with E-state index in [0.717, 1.165) is 42.6 Å². The maximum absolute atomic E-state index is 14.8. The van der Waals surface area contributed by atoms with Crippen LogP contribution in [0.3, 0.4) is 0 Å². The molecule has 6 nitrogen and oxygen atoms in total. The van der Waals surface area contributed by atoms with Gasteiger partial charge in [-0.25, -0.2) is 8.78 Å². The standard InChI is InChI=1S/C22H22F5N5OS/c1-12-10-31(19-8-17(23)15(7-18(19)24)9-29-30-21(28)34)11-13(2)32(12)20(33)14-3-5-16(6-4-14)22(25,26)27/h3-9,12-13H,10-11H2,1-2H3,(H3,28,30,34)/t12-,13+. The molecule has 1 amide bonds. The van der Waals surface area contributed by atoms with Crippen LogP contribution < -0.4 is 16.1 Å². The van der Waals surface area contributed by atoms with Crippen molar-refractivity contribution in [1.82, 2.24) is 10.3 Å². The highest BCUT2D eigenvalue weighted by atomic mass is 32.1. The van der Waals surface area contributed by atoms with Gasteiger partial charge in [-0.1, -0.05) is 0 Å². The summed E-state index contributed by atoms with van der Waals surface area (Å²) >= 11 is 4.58. The van der Waals surface area contributed by atoms with Crippen molar-refractivity contribution in [1.29, 1.82) is 0 Å². The number of carbonyl (C=O) groups is 1. The van der Waals surface area contributed by atoms with Gasteiger partial charge >= 0.3 is 6.18 Å². The fraction of sp³-hybridized carbons (Fsp3) is 0.318. The Kier molecular flexibility index (Phi) is 7.39. The number of rotatable bonds is 4. The molecule has 34 heavy (non-hydrogen) atoms. The predicted octanol–water partition coefficient (Wildman–Crippen LogP) is 3.89. The number of benzene rings is 2. The first-order valence-corrected chi connectivity index (χ1v) is 10.6. The van der Waals surface area contributed by atoms with Gasteiger partial charge in [-0.15, -0.1) is 0 Å². The zero-order chi connectivity index (χ0) is 25.2. The van der Waals surface area contributed by atoms with E-state index in [2.05, 4.69) is 22.7 Å². The van der Waals surface area contributed by atoms with Gasteiger partial charge in [0.2, 0.25) is 0 Å². The van der Waals surface area contributed by atoms with Gasteiger partial charge in [-0.05, 0) is 56.4 Å². The van der Waals surface area contributed by atoms with E-state index < -0.39 is 41.4 Å². The molecule has 1 heterocycles. The Morgan fingerprint density at radius 1 is 1.12 bits per heavy atom. The third-order valence-electron chi connectivity index (χ3n) is 5.40. The zero-order valence-electron chi connectivity index (χ0n) is 18.2. The number of amides is 1. The number of nitrogens with one attached hydrogen (secondary N) is 1. The maximum Gasteiger partial charge on any atom is 0.416 e. The third kappa shape index (κ3) is 5.61. The molecule has 0 saturated carbocycles. The molecule has 1 aliphatic heterocycles. The van der Waals surface area contributed by atoms with E-state index in [1.54, 1.807) is 18.7 Å². The summed E-state index contributed by atoms with van der Waals surface area (Å²) in [5.74, 6) is -1.83. The van der Waals surface area contributed by atoms with Crippen LogP contribution in [0.5, 0.6) is 0 Å². The molecule has 1 saturated heterocycles. The monoisotopic (exact) mass is 499 g/mol. The molecule has 0 radical (unpaired) electrons. The number of piperazine rings is 1. The van der Waals surface area contributed by atoms with Gasteiger partial charge in [0.25, 0.3) is 5.91 Å². The van der Waals surface area contributed by atoms with Gasteiger partial charge in [-0.2, -0.15) is 18.3 Å². The second-order valence-electron chi connectivity index (χ2n) is 7.95. The second-order valence-corrected chi connectivity index (χ2v) is 8.39. The van der Waals surface area contributed by atoms with E-state index in [9.17, 15) is 26.7 Å². The summed E-state index contributed by atoms with van der Waals surface area (Å²) in [5, 5.41) is 3.49. The van der Waals surface area contributed by atoms with E-state index in [1.807, 2.05) is 0 Å². The van der Waals surface area contributed by atoms with Crippen molar-refractivity contribution in [2.45, 2.75) is 32.1 Å². The molecule has 2 aromatic carbocycles. The molecule has 2 aromatic rings. The van der Waals surface area contributed by atoms with Crippen molar-refractivity contribution in [3.05, 3.63) is 64.7 Å². The van der Waals surface area contributed by atoms with E-state index in [0.29, 0.717) is 0 Å². The van der Waals surface area contributed by atoms with Crippen LogP contribution in [-0.4, -0.2) is 47.3 Å². The zero-order valence-corrected chi connectivity index (χ0v) is 19.1. The molecule has 3 rings (SSSR count). The molecule has 1 fully saturated rings. The number of thiocarbonyl (C=S) groups is 1. The number of nitrogens with two attached hydrogens (primary N) is 1. The molecule has 12 heteroatoms. The molecule has 0 aromatic heterocycles. The summed E-state index contributed by atoms with van der Waals surface area (Å²) in [5.41, 5.74) is 6.67. The normalized spacial score (nSPS) is 18.9. The topological polar surface area (TPSA) is 74.0 Å². The van der Waals surface area contributed by atoms with Crippen LogP contribution in [0.2, 0.25) is 0 Å². The number of carbonyl (C=O) groups excluding carboxylic acids is 1. The Hall–Kier alpha value is -3.28. The molecule has 1 aliphatic rings. The van der Waals surface area contributed by atoms with E-state index >= 15 is 0 Å². The quantitative estimate of drug-likeness (QED) is 0.289. The van der Waals surface area contributed by atoms with Gasteiger partial charge < -0.3 is 15.5 Å². The molecule has 182 valence electrons. The minimum Gasteiger partial charge on any atom is -0.375 e. The number of hydrogen-bond acceptors (Lipinski definition) is 4. The number of hydrazone groups is 1. The molecular weight excluding hydrogens is 477 g/mol. The Labute approximate surface area is 198 Å². The molecule has 3 N–H and O–H groups in total. The van der Waals surface area contributed by atoms with E-state index in [4.69, 9.17) is 5.73 Å². The predicted molar refractivity (Wildman–Crippen MR) is 123 cm³/mol. The van der Waals surface area contributed by atoms with Crippen LogP contribution >= 0.6 is 12.2 Å². The van der Waals surface area contributed by atoms with Crippen LogP contribution in [0.1, 0.15) is 35.3 Å². The fourth-order valence-corrected chi connectivity index (χ4v) is 3.98. The SMILES string of the molecule is C[C@@H]1CN(c2cc(F)c(C=NNC(N)=S)cc2F)C[C@H](C)N1C(=O)c1ccc(C(F)(F)F)cc1. The largest absolute Gasteiger partial charge is 0.416 e. The lowest BCUT2D eigenvalue weighted by atomic mass is 10.0. The first-order chi connectivity index (χ1) is 15.9. The molecular formula is C22H22F5N5OS. The van der Waals surface area contributed by atoms with Gasteiger partial charge in [0.05, 0.1) is 17.5 Å².